The normalized spacial score (nSPS) is 11.6. The van der Waals surface area contributed by atoms with Crippen molar-refractivity contribution in [2.75, 3.05) is 14.2 Å². The molecule has 2 rings (SSSR count). The first-order valence-corrected chi connectivity index (χ1v) is 7.14. The van der Waals surface area contributed by atoms with Crippen LogP contribution < -0.4 is 9.47 Å². The van der Waals surface area contributed by atoms with Crippen molar-refractivity contribution in [3.05, 3.63) is 63.7 Å². The number of carbonyl (C=O) groups is 1. The maximum absolute atomic E-state index is 11.6. The summed E-state index contributed by atoms with van der Waals surface area (Å²) in [5.41, 5.74) is 1.12. The molecule has 7 heteroatoms. The van der Waals surface area contributed by atoms with Gasteiger partial charge in [0.15, 0.2) is 0 Å². The Bertz CT molecular complexity index is 741. The van der Waals surface area contributed by atoms with Crippen LogP contribution >= 0.6 is 0 Å². The van der Waals surface area contributed by atoms with Gasteiger partial charge in [-0.1, -0.05) is 18.2 Å². The van der Waals surface area contributed by atoms with E-state index in [1.54, 1.807) is 18.2 Å². The predicted octanol–water partition coefficient (Wildman–Crippen LogP) is 3.02. The summed E-state index contributed by atoms with van der Waals surface area (Å²) < 4.78 is 10.4. The van der Waals surface area contributed by atoms with Gasteiger partial charge in [-0.05, 0) is 23.6 Å². The third-order valence-electron chi connectivity index (χ3n) is 3.72. The quantitative estimate of drug-likeness (QED) is 0.618. The molecule has 2 aromatic rings. The minimum absolute atomic E-state index is 0.0788. The third-order valence-corrected chi connectivity index (χ3v) is 3.72. The van der Waals surface area contributed by atoms with E-state index < -0.39 is 16.8 Å². The molecule has 0 bridgehead atoms. The highest BCUT2D eigenvalue weighted by Crippen LogP contribution is 2.30. The standard InChI is InChI=1S/C17H17NO6/c1-23-14-8-5-12(16(10-14)24-2)9-15(17(19)20)11-3-6-13(7-4-11)18(21)22/h3-8,10,15H,9H2,1-2H3,(H,19,20). The Morgan fingerprint density at radius 1 is 1.17 bits per heavy atom. The number of nitrogens with zero attached hydrogens (tertiary/aromatic N) is 1. The minimum Gasteiger partial charge on any atom is -0.497 e. The SMILES string of the molecule is COc1ccc(CC(C(=O)O)c2ccc([N+](=O)[O-])cc2)c(OC)c1. The van der Waals surface area contributed by atoms with Gasteiger partial charge in [0.05, 0.1) is 25.1 Å². The van der Waals surface area contributed by atoms with Crippen molar-refractivity contribution in [1.82, 2.24) is 0 Å². The average Bonchev–Trinajstić information content (AvgIpc) is 2.59. The molecule has 0 aromatic heterocycles. The monoisotopic (exact) mass is 331 g/mol. The molecule has 0 heterocycles. The van der Waals surface area contributed by atoms with Crippen molar-refractivity contribution >= 4 is 11.7 Å². The molecular weight excluding hydrogens is 314 g/mol. The number of nitro groups is 1. The Morgan fingerprint density at radius 3 is 2.33 bits per heavy atom. The van der Waals surface area contributed by atoms with E-state index in [9.17, 15) is 20.0 Å². The lowest BCUT2D eigenvalue weighted by Gasteiger charge is -2.16. The van der Waals surface area contributed by atoms with Crippen LogP contribution in [0.25, 0.3) is 0 Å². The summed E-state index contributed by atoms with van der Waals surface area (Å²) in [5.74, 6) is -0.713. The van der Waals surface area contributed by atoms with Gasteiger partial charge in [0, 0.05) is 18.2 Å². The summed E-state index contributed by atoms with van der Waals surface area (Å²) in [4.78, 5) is 21.8. The first-order valence-electron chi connectivity index (χ1n) is 7.14. The van der Waals surface area contributed by atoms with Gasteiger partial charge in [0.1, 0.15) is 11.5 Å². The molecule has 0 aliphatic rings. The molecule has 1 unspecified atom stereocenters. The van der Waals surface area contributed by atoms with E-state index in [0.717, 1.165) is 0 Å². The van der Waals surface area contributed by atoms with E-state index in [2.05, 4.69) is 0 Å². The lowest BCUT2D eigenvalue weighted by Crippen LogP contribution is -2.15. The molecule has 2 aromatic carbocycles. The lowest BCUT2D eigenvalue weighted by atomic mass is 9.91. The van der Waals surface area contributed by atoms with Gasteiger partial charge in [0.25, 0.3) is 5.69 Å². The van der Waals surface area contributed by atoms with Gasteiger partial charge in [0.2, 0.25) is 0 Å². The number of benzene rings is 2. The molecule has 0 aliphatic carbocycles. The van der Waals surface area contributed by atoms with Gasteiger partial charge >= 0.3 is 5.97 Å². The zero-order valence-electron chi connectivity index (χ0n) is 13.3. The van der Waals surface area contributed by atoms with E-state index in [0.29, 0.717) is 22.6 Å². The van der Waals surface area contributed by atoms with Crippen LogP contribution in [0.2, 0.25) is 0 Å². The molecule has 0 amide bonds. The van der Waals surface area contributed by atoms with Gasteiger partial charge in [-0.3, -0.25) is 14.9 Å². The van der Waals surface area contributed by atoms with Crippen LogP contribution in [0.1, 0.15) is 17.0 Å². The van der Waals surface area contributed by atoms with Crippen LogP contribution in [0, 0.1) is 10.1 Å². The fourth-order valence-electron chi connectivity index (χ4n) is 2.42. The van der Waals surface area contributed by atoms with Crippen LogP contribution in [-0.2, 0) is 11.2 Å². The number of carboxylic acids is 1. The second kappa shape index (κ2) is 7.45. The number of aliphatic carboxylic acids is 1. The highest BCUT2D eigenvalue weighted by atomic mass is 16.6. The van der Waals surface area contributed by atoms with Crippen LogP contribution in [0.5, 0.6) is 11.5 Å². The lowest BCUT2D eigenvalue weighted by molar-refractivity contribution is -0.384. The maximum Gasteiger partial charge on any atom is 0.311 e. The van der Waals surface area contributed by atoms with Crippen molar-refractivity contribution < 1.29 is 24.3 Å². The molecule has 0 aliphatic heterocycles. The molecule has 126 valence electrons. The Labute approximate surface area is 138 Å². The first-order chi connectivity index (χ1) is 11.5. The van der Waals surface area contributed by atoms with E-state index >= 15 is 0 Å². The van der Waals surface area contributed by atoms with Gasteiger partial charge in [-0.2, -0.15) is 0 Å². The summed E-state index contributed by atoms with van der Waals surface area (Å²) in [6.07, 6.45) is 0.195. The number of non-ortho nitro benzene ring substituents is 1. The fourth-order valence-corrected chi connectivity index (χ4v) is 2.42. The number of methoxy groups -OCH3 is 2. The van der Waals surface area contributed by atoms with Crippen molar-refractivity contribution in [3.8, 4) is 11.5 Å². The van der Waals surface area contributed by atoms with Crippen LogP contribution in [0.3, 0.4) is 0 Å². The fraction of sp³-hybridized carbons (Fsp3) is 0.235. The summed E-state index contributed by atoms with van der Waals surface area (Å²) in [6, 6.07) is 10.7. The van der Waals surface area contributed by atoms with Crippen molar-refractivity contribution in [1.29, 1.82) is 0 Å². The summed E-state index contributed by atoms with van der Waals surface area (Å²) in [7, 11) is 3.03. The number of rotatable bonds is 7. The molecule has 1 N–H and O–H groups in total. The Balaban J connectivity index is 2.32. The predicted molar refractivity (Wildman–Crippen MR) is 86.7 cm³/mol. The molecule has 1 atom stereocenters. The van der Waals surface area contributed by atoms with Crippen molar-refractivity contribution in [2.45, 2.75) is 12.3 Å². The largest absolute Gasteiger partial charge is 0.497 e. The highest BCUT2D eigenvalue weighted by Gasteiger charge is 2.23. The van der Waals surface area contributed by atoms with Gasteiger partial charge < -0.3 is 14.6 Å². The smallest absolute Gasteiger partial charge is 0.311 e. The van der Waals surface area contributed by atoms with E-state index in [1.807, 2.05) is 0 Å². The molecule has 0 radical (unpaired) electrons. The van der Waals surface area contributed by atoms with Crippen molar-refractivity contribution in [3.63, 3.8) is 0 Å². The Hall–Kier alpha value is -3.09. The van der Waals surface area contributed by atoms with Crippen LogP contribution in [-0.4, -0.2) is 30.2 Å². The summed E-state index contributed by atoms with van der Waals surface area (Å²) >= 11 is 0. The van der Waals surface area contributed by atoms with Gasteiger partial charge in [-0.25, -0.2) is 0 Å². The molecule has 7 nitrogen and oxygen atoms in total. The number of hydrogen-bond acceptors (Lipinski definition) is 5. The Morgan fingerprint density at radius 2 is 1.83 bits per heavy atom. The second-order valence-electron chi connectivity index (χ2n) is 5.12. The van der Waals surface area contributed by atoms with E-state index in [-0.39, 0.29) is 12.1 Å². The molecule has 0 fully saturated rings. The average molecular weight is 331 g/mol. The highest BCUT2D eigenvalue weighted by molar-refractivity contribution is 5.77. The number of ether oxygens (including phenoxy) is 2. The topological polar surface area (TPSA) is 98.9 Å². The zero-order chi connectivity index (χ0) is 17.7. The van der Waals surface area contributed by atoms with Crippen molar-refractivity contribution in [2.24, 2.45) is 0 Å². The molecule has 0 saturated carbocycles. The summed E-state index contributed by atoms with van der Waals surface area (Å²) in [6.45, 7) is 0. The maximum atomic E-state index is 11.6. The zero-order valence-corrected chi connectivity index (χ0v) is 13.3. The molecule has 0 spiro atoms. The number of hydrogen-bond donors (Lipinski definition) is 1. The van der Waals surface area contributed by atoms with Gasteiger partial charge in [-0.15, -0.1) is 0 Å². The van der Waals surface area contributed by atoms with Crippen LogP contribution in [0.15, 0.2) is 42.5 Å². The van der Waals surface area contributed by atoms with Crippen LogP contribution in [0.4, 0.5) is 5.69 Å². The number of nitro benzene ring substituents is 1. The Kier molecular flexibility index (Phi) is 5.36. The van der Waals surface area contributed by atoms with E-state index in [1.165, 1.54) is 38.5 Å². The third kappa shape index (κ3) is 3.81. The first kappa shape index (κ1) is 17.3. The summed E-state index contributed by atoms with van der Waals surface area (Å²) in [5, 5.41) is 20.2. The second-order valence-corrected chi connectivity index (χ2v) is 5.12. The molecule has 24 heavy (non-hydrogen) atoms. The van der Waals surface area contributed by atoms with E-state index in [4.69, 9.17) is 9.47 Å². The molecule has 0 saturated heterocycles. The minimum atomic E-state index is -1.01. The molecular formula is C17H17NO6. The number of carboxylic acid groups (broad SMARTS) is 1.